The third-order valence-electron chi connectivity index (χ3n) is 3.47. The van der Waals surface area contributed by atoms with Crippen LogP contribution in [0.1, 0.15) is 32.7 Å². The maximum Gasteiger partial charge on any atom is 0.319 e. The van der Waals surface area contributed by atoms with E-state index in [2.05, 4.69) is 20.9 Å². The molecule has 3 amide bonds. The first-order valence-corrected chi connectivity index (χ1v) is 8.00. The molecule has 1 atom stereocenters. The zero-order valence-corrected chi connectivity index (χ0v) is 14.0. The first-order chi connectivity index (χ1) is 11.6. The van der Waals surface area contributed by atoms with Crippen LogP contribution in [0.5, 0.6) is 0 Å². The Morgan fingerprint density at radius 1 is 1.25 bits per heavy atom. The van der Waals surface area contributed by atoms with Crippen LogP contribution in [-0.4, -0.2) is 28.0 Å². The van der Waals surface area contributed by atoms with E-state index in [1.54, 1.807) is 36.8 Å². The number of carbonyl (C=O) groups is 2. The number of benzene rings is 1. The second-order valence-corrected chi connectivity index (χ2v) is 5.57. The molecule has 0 aliphatic rings. The minimum absolute atomic E-state index is 0.0340. The Labute approximate surface area is 141 Å². The van der Waals surface area contributed by atoms with Crippen LogP contribution in [0.15, 0.2) is 43.0 Å². The summed E-state index contributed by atoms with van der Waals surface area (Å²) in [6.07, 6.45) is 6.54. The lowest BCUT2D eigenvalue weighted by Gasteiger charge is -2.14. The van der Waals surface area contributed by atoms with Crippen LogP contribution in [0.3, 0.4) is 0 Å². The van der Waals surface area contributed by atoms with Gasteiger partial charge in [0, 0.05) is 42.8 Å². The van der Waals surface area contributed by atoms with Crippen molar-refractivity contribution in [1.29, 1.82) is 0 Å². The number of aromatic nitrogens is 2. The lowest BCUT2D eigenvalue weighted by atomic mass is 10.2. The number of hydrogen-bond acceptors (Lipinski definition) is 3. The van der Waals surface area contributed by atoms with Crippen LogP contribution in [0.25, 0.3) is 0 Å². The molecule has 0 aliphatic heterocycles. The summed E-state index contributed by atoms with van der Waals surface area (Å²) in [4.78, 5) is 27.6. The molecule has 1 heterocycles. The summed E-state index contributed by atoms with van der Waals surface area (Å²) in [5.74, 6) is -0.0340. The lowest BCUT2D eigenvalue weighted by molar-refractivity contribution is -0.116. The van der Waals surface area contributed by atoms with E-state index in [0.717, 1.165) is 6.42 Å². The maximum absolute atomic E-state index is 12.0. The van der Waals surface area contributed by atoms with Gasteiger partial charge in [0.25, 0.3) is 0 Å². The molecule has 128 valence electrons. The fourth-order valence-electron chi connectivity index (χ4n) is 2.18. The molecule has 2 rings (SSSR count). The first kappa shape index (κ1) is 17.5. The molecule has 3 N–H and O–H groups in total. The minimum Gasteiger partial charge on any atom is -0.336 e. The van der Waals surface area contributed by atoms with Crippen molar-refractivity contribution in [2.24, 2.45) is 0 Å². The highest BCUT2D eigenvalue weighted by Gasteiger charge is 2.07. The maximum atomic E-state index is 12.0. The topological polar surface area (TPSA) is 88.0 Å². The number of hydrogen-bond donors (Lipinski definition) is 3. The van der Waals surface area contributed by atoms with Crippen LogP contribution in [-0.2, 0) is 4.79 Å². The lowest BCUT2D eigenvalue weighted by Crippen LogP contribution is -2.33. The Bertz CT molecular complexity index is 669. The Kier molecular flexibility index (Phi) is 6.36. The van der Waals surface area contributed by atoms with Crippen molar-refractivity contribution < 1.29 is 9.59 Å². The van der Waals surface area contributed by atoms with Crippen LogP contribution in [0.2, 0.25) is 0 Å². The van der Waals surface area contributed by atoms with Gasteiger partial charge in [-0.3, -0.25) is 4.79 Å². The van der Waals surface area contributed by atoms with Gasteiger partial charge in [-0.25, -0.2) is 9.78 Å². The number of nitrogens with one attached hydrogen (secondary N) is 3. The highest BCUT2D eigenvalue weighted by Crippen LogP contribution is 2.15. The van der Waals surface area contributed by atoms with E-state index < -0.39 is 0 Å². The summed E-state index contributed by atoms with van der Waals surface area (Å²) in [5.41, 5.74) is 1.29. The van der Waals surface area contributed by atoms with Gasteiger partial charge in [0.15, 0.2) is 0 Å². The molecule has 1 aromatic heterocycles. The Morgan fingerprint density at radius 2 is 2.00 bits per heavy atom. The van der Waals surface area contributed by atoms with Crippen molar-refractivity contribution in [2.75, 3.05) is 17.2 Å². The van der Waals surface area contributed by atoms with Crippen LogP contribution in [0.4, 0.5) is 16.2 Å². The number of imidazole rings is 1. The molecule has 0 fully saturated rings. The average Bonchev–Trinajstić information content (AvgIpc) is 3.07. The number of anilines is 2. The molecule has 7 nitrogen and oxygen atoms in total. The highest BCUT2D eigenvalue weighted by molar-refractivity contribution is 5.93. The monoisotopic (exact) mass is 329 g/mol. The van der Waals surface area contributed by atoms with Gasteiger partial charge in [0.2, 0.25) is 5.91 Å². The summed E-state index contributed by atoms with van der Waals surface area (Å²) < 4.78 is 1.92. The van der Waals surface area contributed by atoms with Gasteiger partial charge in [-0.2, -0.15) is 0 Å². The zero-order chi connectivity index (χ0) is 17.4. The molecule has 0 saturated heterocycles. The quantitative estimate of drug-likeness (QED) is 0.729. The largest absolute Gasteiger partial charge is 0.336 e. The standard InChI is InChI=1S/C17H23N5O2/c1-3-5-16(23)20-14-6-4-7-15(10-14)21-17(24)19-11-13(2)22-9-8-18-12-22/h4,6-10,12-13H,3,5,11H2,1-2H3,(H,20,23)(H2,19,21,24)/t13-/m1/s1. The minimum atomic E-state index is -0.293. The van der Waals surface area contributed by atoms with E-state index in [1.165, 1.54) is 0 Å². The van der Waals surface area contributed by atoms with Crippen LogP contribution < -0.4 is 16.0 Å². The molecular weight excluding hydrogens is 306 g/mol. The fourth-order valence-corrected chi connectivity index (χ4v) is 2.18. The number of rotatable bonds is 7. The van der Waals surface area contributed by atoms with Crippen molar-refractivity contribution in [3.8, 4) is 0 Å². The molecule has 0 radical (unpaired) electrons. The highest BCUT2D eigenvalue weighted by atomic mass is 16.2. The average molecular weight is 329 g/mol. The SMILES string of the molecule is CCCC(=O)Nc1cccc(NC(=O)NC[C@@H](C)n2ccnc2)c1. The van der Waals surface area contributed by atoms with Crippen molar-refractivity contribution >= 4 is 23.3 Å². The summed E-state index contributed by atoms with van der Waals surface area (Å²) >= 11 is 0. The van der Waals surface area contributed by atoms with Gasteiger partial charge in [0.1, 0.15) is 0 Å². The van der Waals surface area contributed by atoms with Crippen molar-refractivity contribution in [1.82, 2.24) is 14.9 Å². The molecule has 0 unspecified atom stereocenters. The van der Waals surface area contributed by atoms with Crippen LogP contribution >= 0.6 is 0 Å². The zero-order valence-electron chi connectivity index (χ0n) is 14.0. The number of urea groups is 1. The fraction of sp³-hybridized carbons (Fsp3) is 0.353. The molecule has 1 aromatic carbocycles. The summed E-state index contributed by atoms with van der Waals surface area (Å²) in [5, 5.41) is 8.38. The first-order valence-electron chi connectivity index (χ1n) is 8.00. The van der Waals surface area contributed by atoms with Gasteiger partial charge in [0.05, 0.1) is 6.33 Å². The number of nitrogens with zero attached hydrogens (tertiary/aromatic N) is 2. The van der Waals surface area contributed by atoms with E-state index in [9.17, 15) is 9.59 Å². The predicted molar refractivity (Wildman–Crippen MR) is 93.9 cm³/mol. The van der Waals surface area contributed by atoms with Gasteiger partial charge >= 0.3 is 6.03 Å². The van der Waals surface area contributed by atoms with Crippen molar-refractivity contribution in [3.05, 3.63) is 43.0 Å². The third kappa shape index (κ3) is 5.42. The summed E-state index contributed by atoms with van der Waals surface area (Å²) in [6.45, 7) is 4.42. The Morgan fingerprint density at radius 3 is 2.67 bits per heavy atom. The van der Waals surface area contributed by atoms with Crippen LogP contribution in [0, 0.1) is 0 Å². The summed E-state index contributed by atoms with van der Waals surface area (Å²) in [6, 6.07) is 6.89. The van der Waals surface area contributed by atoms with E-state index >= 15 is 0 Å². The van der Waals surface area contributed by atoms with Crippen molar-refractivity contribution in [2.45, 2.75) is 32.7 Å². The smallest absolute Gasteiger partial charge is 0.319 e. The van der Waals surface area contributed by atoms with Gasteiger partial charge in [-0.15, -0.1) is 0 Å². The van der Waals surface area contributed by atoms with E-state index in [0.29, 0.717) is 24.3 Å². The van der Waals surface area contributed by atoms with E-state index in [4.69, 9.17) is 0 Å². The van der Waals surface area contributed by atoms with E-state index in [-0.39, 0.29) is 18.0 Å². The van der Waals surface area contributed by atoms with Gasteiger partial charge < -0.3 is 20.5 Å². The molecule has 2 aromatic rings. The third-order valence-corrected chi connectivity index (χ3v) is 3.47. The summed E-state index contributed by atoms with van der Waals surface area (Å²) in [7, 11) is 0. The van der Waals surface area contributed by atoms with Crippen molar-refractivity contribution in [3.63, 3.8) is 0 Å². The predicted octanol–water partition coefficient (Wildman–Crippen LogP) is 3.00. The second-order valence-electron chi connectivity index (χ2n) is 5.57. The molecule has 0 aliphatic carbocycles. The molecule has 24 heavy (non-hydrogen) atoms. The van der Waals surface area contributed by atoms with E-state index in [1.807, 2.05) is 24.6 Å². The second kappa shape index (κ2) is 8.71. The molecule has 0 bridgehead atoms. The Hall–Kier alpha value is -2.83. The molecule has 0 spiro atoms. The number of carbonyl (C=O) groups excluding carboxylic acids is 2. The normalized spacial score (nSPS) is 11.6. The molecule has 0 saturated carbocycles. The molecule has 7 heteroatoms. The molecular formula is C17H23N5O2. The van der Waals surface area contributed by atoms with Gasteiger partial charge in [-0.1, -0.05) is 13.0 Å². The van der Waals surface area contributed by atoms with Gasteiger partial charge in [-0.05, 0) is 31.5 Å². The number of amides is 3. The Balaban J connectivity index is 1.84.